The van der Waals surface area contributed by atoms with Crippen LogP contribution in [-0.4, -0.2) is 36.0 Å². The number of nitrogens with two attached hydrogens (primary N) is 1. The van der Waals surface area contributed by atoms with Crippen LogP contribution in [0, 0.1) is 0 Å². The number of carbonyl (C=O) groups is 1. The molecule has 1 aliphatic heterocycles. The number of likely N-dealkylation sites (tertiary alicyclic amines) is 1. The third-order valence-electron chi connectivity index (χ3n) is 3.53. The zero-order chi connectivity index (χ0) is 13.8. The van der Waals surface area contributed by atoms with Crippen LogP contribution in [0.5, 0.6) is 5.75 Å². The molecule has 112 valence electrons. The number of rotatable bonds is 4. The van der Waals surface area contributed by atoms with Gasteiger partial charge in [-0.05, 0) is 44.0 Å². The van der Waals surface area contributed by atoms with E-state index in [0.717, 1.165) is 25.1 Å². The Morgan fingerprint density at radius 2 is 2.10 bits per heavy atom. The quantitative estimate of drug-likeness (QED) is 0.929. The van der Waals surface area contributed by atoms with Gasteiger partial charge in [-0.2, -0.15) is 0 Å². The van der Waals surface area contributed by atoms with Crippen molar-refractivity contribution < 1.29 is 9.53 Å². The van der Waals surface area contributed by atoms with Crippen molar-refractivity contribution in [1.29, 1.82) is 0 Å². The standard InChI is InChI=1S/C15H22N2O2.ClH/c1-3-11(2)19-14-6-4-12(5-7-14)15(18)17-9-8-13(16)10-17;/h4-7,11,13H,3,8-10,16H2,1-2H3;1H/t11?,13-;/m1./s1. The fraction of sp³-hybridized carbons (Fsp3) is 0.533. The molecule has 0 saturated carbocycles. The topological polar surface area (TPSA) is 55.6 Å². The van der Waals surface area contributed by atoms with E-state index >= 15 is 0 Å². The molecule has 1 saturated heterocycles. The molecule has 1 heterocycles. The monoisotopic (exact) mass is 298 g/mol. The van der Waals surface area contributed by atoms with Gasteiger partial charge in [0.25, 0.3) is 5.91 Å². The molecule has 0 radical (unpaired) electrons. The third kappa shape index (κ3) is 4.12. The molecule has 4 nitrogen and oxygen atoms in total. The number of ether oxygens (including phenoxy) is 1. The minimum atomic E-state index is 0. The van der Waals surface area contributed by atoms with Gasteiger partial charge in [-0.25, -0.2) is 0 Å². The van der Waals surface area contributed by atoms with E-state index in [1.54, 1.807) is 0 Å². The lowest BCUT2D eigenvalue weighted by molar-refractivity contribution is 0.0791. The second-order valence-corrected chi connectivity index (χ2v) is 5.16. The first-order valence-corrected chi connectivity index (χ1v) is 6.91. The van der Waals surface area contributed by atoms with Crippen molar-refractivity contribution in [2.75, 3.05) is 13.1 Å². The number of amides is 1. The third-order valence-corrected chi connectivity index (χ3v) is 3.53. The van der Waals surface area contributed by atoms with Crippen molar-refractivity contribution in [2.45, 2.75) is 38.8 Å². The van der Waals surface area contributed by atoms with Gasteiger partial charge >= 0.3 is 0 Å². The van der Waals surface area contributed by atoms with Crippen LogP contribution in [0.3, 0.4) is 0 Å². The van der Waals surface area contributed by atoms with Gasteiger partial charge in [-0.3, -0.25) is 4.79 Å². The molecule has 1 amide bonds. The van der Waals surface area contributed by atoms with Gasteiger partial charge in [-0.1, -0.05) is 6.92 Å². The summed E-state index contributed by atoms with van der Waals surface area (Å²) in [6.45, 7) is 5.53. The number of hydrogen-bond acceptors (Lipinski definition) is 3. The van der Waals surface area contributed by atoms with E-state index < -0.39 is 0 Å². The molecule has 20 heavy (non-hydrogen) atoms. The SMILES string of the molecule is CCC(C)Oc1ccc(C(=O)N2CC[C@@H](N)C2)cc1.Cl. The van der Waals surface area contributed by atoms with E-state index in [0.29, 0.717) is 12.1 Å². The summed E-state index contributed by atoms with van der Waals surface area (Å²) in [4.78, 5) is 14.0. The summed E-state index contributed by atoms with van der Waals surface area (Å²) in [6, 6.07) is 7.48. The molecule has 2 N–H and O–H groups in total. The Balaban J connectivity index is 0.00000200. The van der Waals surface area contributed by atoms with E-state index in [1.165, 1.54) is 0 Å². The van der Waals surface area contributed by atoms with Crippen molar-refractivity contribution in [1.82, 2.24) is 4.90 Å². The summed E-state index contributed by atoms with van der Waals surface area (Å²) in [5.74, 6) is 0.868. The van der Waals surface area contributed by atoms with Crippen LogP contribution < -0.4 is 10.5 Å². The highest BCUT2D eigenvalue weighted by Crippen LogP contribution is 2.17. The lowest BCUT2D eigenvalue weighted by Gasteiger charge is -2.16. The Labute approximate surface area is 126 Å². The van der Waals surface area contributed by atoms with Crippen LogP contribution in [0.25, 0.3) is 0 Å². The summed E-state index contributed by atoms with van der Waals surface area (Å²) in [6.07, 6.45) is 2.05. The fourth-order valence-corrected chi connectivity index (χ4v) is 2.15. The summed E-state index contributed by atoms with van der Waals surface area (Å²) < 4.78 is 5.70. The van der Waals surface area contributed by atoms with Gasteiger partial charge in [0.05, 0.1) is 6.10 Å². The molecule has 0 bridgehead atoms. The Bertz CT molecular complexity index is 436. The molecule has 2 rings (SSSR count). The van der Waals surface area contributed by atoms with Crippen molar-refractivity contribution in [3.8, 4) is 5.75 Å². The largest absolute Gasteiger partial charge is 0.491 e. The van der Waals surface area contributed by atoms with Gasteiger partial charge in [0, 0.05) is 24.7 Å². The lowest BCUT2D eigenvalue weighted by Crippen LogP contribution is -2.31. The van der Waals surface area contributed by atoms with Crippen molar-refractivity contribution >= 4 is 18.3 Å². The normalized spacial score (nSPS) is 19.4. The van der Waals surface area contributed by atoms with Crippen LogP contribution in [0.2, 0.25) is 0 Å². The van der Waals surface area contributed by atoms with Gasteiger partial charge in [-0.15, -0.1) is 12.4 Å². The van der Waals surface area contributed by atoms with E-state index in [4.69, 9.17) is 10.5 Å². The Kier molecular flexibility index (Phi) is 6.30. The predicted octanol–water partition coefficient (Wildman–Crippen LogP) is 2.46. The maximum atomic E-state index is 12.2. The van der Waals surface area contributed by atoms with E-state index in [9.17, 15) is 4.79 Å². The first kappa shape index (κ1) is 16.8. The maximum Gasteiger partial charge on any atom is 0.253 e. The summed E-state index contributed by atoms with van der Waals surface area (Å²) >= 11 is 0. The van der Waals surface area contributed by atoms with Crippen molar-refractivity contribution in [2.24, 2.45) is 5.73 Å². The zero-order valence-corrected chi connectivity index (χ0v) is 12.9. The van der Waals surface area contributed by atoms with Crippen LogP contribution in [0.1, 0.15) is 37.0 Å². The van der Waals surface area contributed by atoms with Crippen molar-refractivity contribution in [3.63, 3.8) is 0 Å². The molecule has 0 aliphatic carbocycles. The molecule has 0 aromatic heterocycles. The van der Waals surface area contributed by atoms with Crippen LogP contribution >= 0.6 is 12.4 Å². The van der Waals surface area contributed by atoms with Gasteiger partial charge < -0.3 is 15.4 Å². The highest BCUT2D eigenvalue weighted by molar-refractivity contribution is 5.94. The van der Waals surface area contributed by atoms with E-state index in [-0.39, 0.29) is 30.5 Å². The zero-order valence-electron chi connectivity index (χ0n) is 12.0. The summed E-state index contributed by atoms with van der Waals surface area (Å²) in [5, 5.41) is 0. The molecule has 2 atom stereocenters. The van der Waals surface area contributed by atoms with Crippen LogP contribution in [0.15, 0.2) is 24.3 Å². The molecule has 5 heteroatoms. The minimum absolute atomic E-state index is 0. The van der Waals surface area contributed by atoms with Crippen molar-refractivity contribution in [3.05, 3.63) is 29.8 Å². The molecular formula is C15H23ClN2O2. The van der Waals surface area contributed by atoms with Gasteiger partial charge in [0.1, 0.15) is 5.75 Å². The number of benzene rings is 1. The highest BCUT2D eigenvalue weighted by Gasteiger charge is 2.24. The summed E-state index contributed by atoms with van der Waals surface area (Å²) in [5.41, 5.74) is 6.52. The Hall–Kier alpha value is -1.26. The van der Waals surface area contributed by atoms with Gasteiger partial charge in [0.15, 0.2) is 0 Å². The Morgan fingerprint density at radius 1 is 1.45 bits per heavy atom. The molecule has 0 spiro atoms. The first-order chi connectivity index (χ1) is 9.10. The average Bonchev–Trinajstić information content (AvgIpc) is 2.85. The Morgan fingerprint density at radius 3 is 2.60 bits per heavy atom. The highest BCUT2D eigenvalue weighted by atomic mass is 35.5. The molecule has 1 fully saturated rings. The molecule has 1 unspecified atom stereocenters. The molecule has 1 aromatic carbocycles. The molecule has 1 aliphatic rings. The number of halogens is 1. The first-order valence-electron chi connectivity index (χ1n) is 6.91. The number of carbonyl (C=O) groups excluding carboxylic acids is 1. The number of nitrogens with zero attached hydrogens (tertiary/aromatic N) is 1. The molecule has 1 aromatic rings. The lowest BCUT2D eigenvalue weighted by atomic mass is 10.2. The minimum Gasteiger partial charge on any atom is -0.491 e. The summed E-state index contributed by atoms with van der Waals surface area (Å²) in [7, 11) is 0. The van der Waals surface area contributed by atoms with Crippen LogP contribution in [-0.2, 0) is 0 Å². The average molecular weight is 299 g/mol. The maximum absolute atomic E-state index is 12.2. The fourth-order valence-electron chi connectivity index (χ4n) is 2.15. The van der Waals surface area contributed by atoms with E-state index in [1.807, 2.05) is 36.1 Å². The number of hydrogen-bond donors (Lipinski definition) is 1. The second kappa shape index (κ2) is 7.50. The second-order valence-electron chi connectivity index (χ2n) is 5.16. The smallest absolute Gasteiger partial charge is 0.253 e. The predicted molar refractivity (Wildman–Crippen MR) is 82.6 cm³/mol. The molecular weight excluding hydrogens is 276 g/mol. The van der Waals surface area contributed by atoms with E-state index in [2.05, 4.69) is 6.92 Å². The van der Waals surface area contributed by atoms with Gasteiger partial charge in [0.2, 0.25) is 0 Å². The van der Waals surface area contributed by atoms with Crippen LogP contribution in [0.4, 0.5) is 0 Å².